The smallest absolute Gasteiger partial charge is 0.255 e. The zero-order valence-corrected chi connectivity index (χ0v) is 18.2. The van der Waals surface area contributed by atoms with E-state index in [2.05, 4.69) is 44.7 Å². The molecule has 1 fully saturated rings. The van der Waals surface area contributed by atoms with Crippen molar-refractivity contribution in [1.82, 2.24) is 20.4 Å². The summed E-state index contributed by atoms with van der Waals surface area (Å²) in [7, 11) is 0. The summed E-state index contributed by atoms with van der Waals surface area (Å²) < 4.78 is 5.47. The molecule has 31 heavy (non-hydrogen) atoms. The van der Waals surface area contributed by atoms with Gasteiger partial charge in [0.2, 0.25) is 5.91 Å². The van der Waals surface area contributed by atoms with E-state index in [9.17, 15) is 9.59 Å². The predicted octanol–water partition coefficient (Wildman–Crippen LogP) is 1.75. The Bertz CT molecular complexity index is 836. The number of amides is 2. The molecule has 166 valence electrons. The number of ether oxygens (including phenoxy) is 1. The Morgan fingerprint density at radius 3 is 2.32 bits per heavy atom. The Morgan fingerprint density at radius 1 is 0.903 bits per heavy atom. The van der Waals surface area contributed by atoms with E-state index in [-0.39, 0.29) is 18.4 Å². The van der Waals surface area contributed by atoms with Crippen LogP contribution in [0.4, 0.5) is 0 Å². The van der Waals surface area contributed by atoms with Crippen LogP contribution in [-0.4, -0.2) is 74.0 Å². The van der Waals surface area contributed by atoms with Crippen molar-refractivity contribution >= 4 is 11.8 Å². The van der Waals surface area contributed by atoms with Gasteiger partial charge in [0.15, 0.2) is 0 Å². The first-order chi connectivity index (χ1) is 15.2. The van der Waals surface area contributed by atoms with E-state index in [4.69, 9.17) is 4.74 Å². The van der Waals surface area contributed by atoms with Crippen LogP contribution in [0, 0.1) is 0 Å². The molecule has 7 nitrogen and oxygen atoms in total. The van der Waals surface area contributed by atoms with Gasteiger partial charge < -0.3 is 15.4 Å². The van der Waals surface area contributed by atoms with E-state index in [1.165, 1.54) is 5.56 Å². The van der Waals surface area contributed by atoms with Crippen molar-refractivity contribution < 1.29 is 14.3 Å². The lowest BCUT2D eigenvalue weighted by atomic mass is 10.2. The second-order valence-electron chi connectivity index (χ2n) is 7.57. The van der Waals surface area contributed by atoms with Gasteiger partial charge in [-0.2, -0.15) is 0 Å². The van der Waals surface area contributed by atoms with E-state index in [0.717, 1.165) is 39.3 Å². The van der Waals surface area contributed by atoms with Gasteiger partial charge in [0, 0.05) is 45.8 Å². The molecule has 0 aromatic heterocycles. The van der Waals surface area contributed by atoms with Crippen LogP contribution in [0.1, 0.15) is 22.8 Å². The van der Waals surface area contributed by atoms with Crippen molar-refractivity contribution in [3.63, 3.8) is 0 Å². The van der Waals surface area contributed by atoms with Crippen molar-refractivity contribution in [1.29, 1.82) is 0 Å². The van der Waals surface area contributed by atoms with Crippen LogP contribution >= 0.6 is 0 Å². The second-order valence-corrected chi connectivity index (χ2v) is 7.57. The molecular formula is C24H32N4O3. The third-order valence-corrected chi connectivity index (χ3v) is 5.31. The highest BCUT2D eigenvalue weighted by molar-refractivity contribution is 5.98. The molecule has 3 rings (SSSR count). The number of rotatable bonds is 10. The minimum atomic E-state index is -0.311. The molecule has 1 saturated heterocycles. The largest absolute Gasteiger partial charge is 0.493 e. The van der Waals surface area contributed by atoms with Gasteiger partial charge in [0.1, 0.15) is 5.75 Å². The molecule has 2 N–H and O–H groups in total. The van der Waals surface area contributed by atoms with Gasteiger partial charge in [0.25, 0.3) is 5.91 Å². The lowest BCUT2D eigenvalue weighted by molar-refractivity contribution is -0.120. The maximum atomic E-state index is 12.3. The van der Waals surface area contributed by atoms with Crippen molar-refractivity contribution in [3.8, 4) is 5.75 Å². The summed E-state index contributed by atoms with van der Waals surface area (Å²) in [6.07, 6.45) is 0. The van der Waals surface area contributed by atoms with Crippen LogP contribution < -0.4 is 15.4 Å². The summed E-state index contributed by atoms with van der Waals surface area (Å²) in [6, 6.07) is 17.6. The Kier molecular flexibility index (Phi) is 8.87. The number of para-hydroxylation sites is 1. The van der Waals surface area contributed by atoms with Crippen molar-refractivity contribution in [2.45, 2.75) is 13.5 Å². The number of hydrogen-bond donors (Lipinski definition) is 2. The highest BCUT2D eigenvalue weighted by Crippen LogP contribution is 2.17. The Labute approximate surface area is 184 Å². The summed E-state index contributed by atoms with van der Waals surface area (Å²) in [5, 5.41) is 5.55. The summed E-state index contributed by atoms with van der Waals surface area (Å²) in [5.41, 5.74) is 1.78. The fraction of sp³-hybridized carbons (Fsp3) is 0.417. The molecule has 0 atom stereocenters. The fourth-order valence-corrected chi connectivity index (χ4v) is 3.62. The summed E-state index contributed by atoms with van der Waals surface area (Å²) in [6.45, 7) is 8.70. The van der Waals surface area contributed by atoms with Gasteiger partial charge in [-0.05, 0) is 24.6 Å². The van der Waals surface area contributed by atoms with Crippen LogP contribution in [0.2, 0.25) is 0 Å². The molecule has 7 heteroatoms. The minimum Gasteiger partial charge on any atom is -0.493 e. The second kappa shape index (κ2) is 12.1. The zero-order valence-electron chi connectivity index (χ0n) is 18.2. The van der Waals surface area contributed by atoms with E-state index < -0.39 is 0 Å². The molecule has 0 spiro atoms. The molecule has 0 aliphatic carbocycles. The maximum Gasteiger partial charge on any atom is 0.255 e. The van der Waals surface area contributed by atoms with Gasteiger partial charge in [-0.15, -0.1) is 0 Å². The van der Waals surface area contributed by atoms with Gasteiger partial charge in [-0.25, -0.2) is 0 Å². The molecule has 0 radical (unpaired) electrons. The van der Waals surface area contributed by atoms with Gasteiger partial charge in [-0.1, -0.05) is 42.5 Å². The van der Waals surface area contributed by atoms with Crippen molar-refractivity contribution in [2.75, 3.05) is 52.4 Å². The standard InChI is InChI=1S/C24H32N4O3/c1-2-31-22-11-7-6-10-21(22)24(30)26-18-23(29)25-12-13-27-14-16-28(17-15-27)19-20-8-4-3-5-9-20/h3-11H,2,12-19H2,1H3,(H,25,29)(H,26,30). The third kappa shape index (κ3) is 7.38. The van der Waals surface area contributed by atoms with Crippen molar-refractivity contribution in [2.24, 2.45) is 0 Å². The first-order valence-electron chi connectivity index (χ1n) is 10.9. The number of nitrogens with one attached hydrogen (secondary N) is 2. The van der Waals surface area contributed by atoms with Gasteiger partial charge in [-0.3, -0.25) is 19.4 Å². The summed E-state index contributed by atoms with van der Waals surface area (Å²) >= 11 is 0. The number of benzene rings is 2. The molecule has 2 aromatic carbocycles. The number of nitrogens with zero attached hydrogens (tertiary/aromatic N) is 2. The van der Waals surface area contributed by atoms with Crippen LogP contribution in [0.3, 0.4) is 0 Å². The number of carbonyl (C=O) groups is 2. The van der Waals surface area contributed by atoms with Gasteiger partial charge >= 0.3 is 0 Å². The first-order valence-corrected chi connectivity index (χ1v) is 10.9. The van der Waals surface area contributed by atoms with E-state index in [1.807, 2.05) is 19.1 Å². The normalized spacial score (nSPS) is 14.7. The quantitative estimate of drug-likeness (QED) is 0.608. The summed E-state index contributed by atoms with van der Waals surface area (Å²) in [4.78, 5) is 29.3. The maximum absolute atomic E-state index is 12.3. The fourth-order valence-electron chi connectivity index (χ4n) is 3.62. The van der Waals surface area contributed by atoms with Crippen molar-refractivity contribution in [3.05, 3.63) is 65.7 Å². The topological polar surface area (TPSA) is 73.9 Å². The Hall–Kier alpha value is -2.90. The minimum absolute atomic E-state index is 0.0514. The number of piperazine rings is 1. The molecule has 2 amide bonds. The third-order valence-electron chi connectivity index (χ3n) is 5.31. The molecule has 2 aromatic rings. The number of carbonyl (C=O) groups excluding carboxylic acids is 2. The highest BCUT2D eigenvalue weighted by Gasteiger charge is 2.17. The lowest BCUT2D eigenvalue weighted by Gasteiger charge is -2.34. The zero-order chi connectivity index (χ0) is 21.9. The first kappa shape index (κ1) is 22.8. The Balaban J connectivity index is 1.31. The highest BCUT2D eigenvalue weighted by atomic mass is 16.5. The van der Waals surface area contributed by atoms with Crippen LogP contribution in [0.15, 0.2) is 54.6 Å². The van der Waals surface area contributed by atoms with Crippen LogP contribution in [-0.2, 0) is 11.3 Å². The Morgan fingerprint density at radius 2 is 1.58 bits per heavy atom. The molecule has 1 aliphatic heterocycles. The molecule has 1 aliphatic rings. The molecular weight excluding hydrogens is 392 g/mol. The van der Waals surface area contributed by atoms with E-state index in [0.29, 0.717) is 24.5 Å². The van der Waals surface area contributed by atoms with Crippen LogP contribution in [0.5, 0.6) is 5.75 Å². The molecule has 0 unspecified atom stereocenters. The predicted molar refractivity (Wildman–Crippen MR) is 121 cm³/mol. The average Bonchev–Trinajstić information content (AvgIpc) is 2.80. The SMILES string of the molecule is CCOc1ccccc1C(=O)NCC(=O)NCCN1CCN(Cc2ccccc2)CC1. The van der Waals surface area contributed by atoms with E-state index in [1.54, 1.807) is 18.2 Å². The molecule has 0 saturated carbocycles. The van der Waals surface area contributed by atoms with Gasteiger partial charge in [0.05, 0.1) is 18.7 Å². The molecule has 0 bridgehead atoms. The van der Waals surface area contributed by atoms with Crippen LogP contribution in [0.25, 0.3) is 0 Å². The average molecular weight is 425 g/mol. The lowest BCUT2D eigenvalue weighted by Crippen LogP contribution is -2.48. The monoisotopic (exact) mass is 424 g/mol. The molecule has 1 heterocycles. The van der Waals surface area contributed by atoms with E-state index >= 15 is 0 Å². The number of hydrogen-bond acceptors (Lipinski definition) is 5. The summed E-state index contributed by atoms with van der Waals surface area (Å²) in [5.74, 6) is 0.0213.